The summed E-state index contributed by atoms with van der Waals surface area (Å²) in [5.74, 6) is -0.864. The van der Waals surface area contributed by atoms with Gasteiger partial charge in [-0.3, -0.25) is 4.79 Å². The molecule has 0 aliphatic carbocycles. The number of aliphatic hydroxyl groups excluding tert-OH is 1. The first-order valence-electron chi connectivity index (χ1n) is 4.09. The number of aliphatic hydroxyl groups is 1. The average Bonchev–Trinajstić information content (AvgIpc) is 2.04. The van der Waals surface area contributed by atoms with Crippen molar-refractivity contribution < 1.29 is 19.7 Å². The molecule has 0 aliphatic rings. The third kappa shape index (κ3) is 5.90. The van der Waals surface area contributed by atoms with Crippen LogP contribution in [0.25, 0.3) is 0 Å². The Kier molecular flexibility index (Phi) is 7.03. The van der Waals surface area contributed by atoms with Gasteiger partial charge in [0, 0.05) is 19.0 Å². The highest BCUT2D eigenvalue weighted by Gasteiger charge is 2.20. The van der Waals surface area contributed by atoms with Crippen LogP contribution in [0.5, 0.6) is 0 Å². The summed E-state index contributed by atoms with van der Waals surface area (Å²) in [5, 5.41) is 17.0. The van der Waals surface area contributed by atoms with Crippen molar-refractivity contribution in [2.45, 2.75) is 23.8 Å². The van der Waals surface area contributed by atoms with Crippen LogP contribution in [-0.4, -0.2) is 47.0 Å². The molecular formula is C8H16O4S. The van der Waals surface area contributed by atoms with E-state index in [2.05, 4.69) is 0 Å². The van der Waals surface area contributed by atoms with Crippen LogP contribution < -0.4 is 0 Å². The van der Waals surface area contributed by atoms with Crippen molar-refractivity contribution in [3.63, 3.8) is 0 Å². The van der Waals surface area contributed by atoms with Crippen molar-refractivity contribution >= 4 is 17.7 Å². The number of ether oxygens (including phenoxy) is 1. The van der Waals surface area contributed by atoms with Crippen molar-refractivity contribution in [2.24, 2.45) is 0 Å². The molecule has 0 rings (SSSR count). The summed E-state index contributed by atoms with van der Waals surface area (Å²) in [6.45, 7) is 2.19. The van der Waals surface area contributed by atoms with Gasteiger partial charge in [-0.15, -0.1) is 11.8 Å². The van der Waals surface area contributed by atoms with Gasteiger partial charge in [-0.2, -0.15) is 0 Å². The second-order valence-corrected chi connectivity index (χ2v) is 4.39. The molecule has 0 bridgehead atoms. The Labute approximate surface area is 82.3 Å². The normalized spacial score (nSPS) is 15.3. The maximum absolute atomic E-state index is 10.7. The van der Waals surface area contributed by atoms with Crippen molar-refractivity contribution in [1.29, 1.82) is 0 Å². The van der Waals surface area contributed by atoms with E-state index in [1.165, 1.54) is 18.9 Å². The lowest BCUT2D eigenvalue weighted by molar-refractivity contribution is -0.137. The summed E-state index contributed by atoms with van der Waals surface area (Å²) in [5.41, 5.74) is 0. The first kappa shape index (κ1) is 12.7. The van der Waals surface area contributed by atoms with Gasteiger partial charge in [0.15, 0.2) is 0 Å². The van der Waals surface area contributed by atoms with Crippen molar-refractivity contribution in [2.75, 3.05) is 20.3 Å². The summed E-state index contributed by atoms with van der Waals surface area (Å²) < 4.78 is 4.78. The van der Waals surface area contributed by atoms with Gasteiger partial charge >= 0.3 is 5.97 Å². The summed E-state index contributed by atoms with van der Waals surface area (Å²) >= 11 is 1.32. The smallest absolute Gasteiger partial charge is 0.319 e. The molecule has 0 saturated carbocycles. The zero-order valence-corrected chi connectivity index (χ0v) is 8.71. The van der Waals surface area contributed by atoms with Crippen LogP contribution in [0.4, 0.5) is 0 Å². The topological polar surface area (TPSA) is 66.8 Å². The van der Waals surface area contributed by atoms with Crippen LogP contribution in [0.3, 0.4) is 0 Å². The predicted molar refractivity (Wildman–Crippen MR) is 52.1 cm³/mol. The minimum Gasteiger partial charge on any atom is -0.480 e. The molecule has 4 nitrogen and oxygen atoms in total. The molecule has 0 fully saturated rings. The molecule has 0 saturated heterocycles. The van der Waals surface area contributed by atoms with E-state index in [9.17, 15) is 4.79 Å². The Morgan fingerprint density at radius 2 is 2.23 bits per heavy atom. The predicted octanol–water partition coefficient (Wildman–Crippen LogP) is 0.590. The van der Waals surface area contributed by atoms with Gasteiger partial charge in [-0.05, 0) is 6.42 Å². The van der Waals surface area contributed by atoms with Crippen LogP contribution in [-0.2, 0) is 9.53 Å². The van der Waals surface area contributed by atoms with Gasteiger partial charge in [0.1, 0.15) is 5.25 Å². The Morgan fingerprint density at radius 3 is 2.62 bits per heavy atom. The molecule has 0 aromatic heterocycles. The number of thioether (sulfide) groups is 1. The second kappa shape index (κ2) is 7.17. The third-order valence-electron chi connectivity index (χ3n) is 1.53. The van der Waals surface area contributed by atoms with Crippen molar-refractivity contribution in [1.82, 2.24) is 0 Å². The Morgan fingerprint density at radius 1 is 1.62 bits per heavy atom. The quantitative estimate of drug-likeness (QED) is 0.641. The van der Waals surface area contributed by atoms with Gasteiger partial charge in [-0.1, -0.05) is 6.92 Å². The number of carboxylic acid groups (broad SMARTS) is 1. The number of methoxy groups -OCH3 is 1. The lowest BCUT2D eigenvalue weighted by Gasteiger charge is -2.15. The van der Waals surface area contributed by atoms with E-state index in [0.29, 0.717) is 6.42 Å². The molecular weight excluding hydrogens is 192 g/mol. The van der Waals surface area contributed by atoms with Crippen LogP contribution in [0, 0.1) is 0 Å². The monoisotopic (exact) mass is 208 g/mol. The first-order valence-corrected chi connectivity index (χ1v) is 5.04. The van der Waals surface area contributed by atoms with Gasteiger partial charge in [0.25, 0.3) is 0 Å². The van der Waals surface area contributed by atoms with Crippen molar-refractivity contribution in [3.05, 3.63) is 0 Å². The summed E-state index contributed by atoms with van der Waals surface area (Å²) in [6, 6.07) is 0. The van der Waals surface area contributed by atoms with E-state index >= 15 is 0 Å². The van der Waals surface area contributed by atoms with Gasteiger partial charge in [0.05, 0.1) is 6.61 Å². The third-order valence-corrected chi connectivity index (χ3v) is 2.89. The minimum absolute atomic E-state index is 0.0908. The van der Waals surface area contributed by atoms with E-state index < -0.39 is 11.2 Å². The number of carboxylic acids is 1. The zero-order valence-electron chi connectivity index (χ0n) is 7.90. The van der Waals surface area contributed by atoms with Gasteiger partial charge in [-0.25, -0.2) is 0 Å². The molecule has 5 heteroatoms. The van der Waals surface area contributed by atoms with E-state index in [1.54, 1.807) is 0 Å². The lowest BCUT2D eigenvalue weighted by atomic mass is 10.3. The molecule has 0 aliphatic heterocycles. The summed E-state index contributed by atoms with van der Waals surface area (Å²) in [7, 11) is 1.48. The summed E-state index contributed by atoms with van der Waals surface area (Å²) in [4.78, 5) is 10.7. The fourth-order valence-electron chi connectivity index (χ4n) is 0.850. The largest absolute Gasteiger partial charge is 0.480 e. The number of aliphatic carboxylic acids is 1. The molecule has 0 spiro atoms. The van der Waals surface area contributed by atoms with E-state index in [-0.39, 0.29) is 18.5 Å². The Bertz CT molecular complexity index is 151. The number of hydrogen-bond acceptors (Lipinski definition) is 4. The molecule has 0 radical (unpaired) electrons. The van der Waals surface area contributed by atoms with Crippen LogP contribution in [0.15, 0.2) is 0 Å². The Balaban J connectivity index is 3.86. The highest BCUT2D eigenvalue weighted by Crippen LogP contribution is 2.20. The number of rotatable bonds is 7. The molecule has 2 N–H and O–H groups in total. The zero-order chi connectivity index (χ0) is 10.3. The van der Waals surface area contributed by atoms with Crippen molar-refractivity contribution in [3.8, 4) is 0 Å². The van der Waals surface area contributed by atoms with Crippen LogP contribution in [0.1, 0.15) is 13.3 Å². The lowest BCUT2D eigenvalue weighted by Crippen LogP contribution is -2.24. The van der Waals surface area contributed by atoms with Gasteiger partial charge in [0.2, 0.25) is 0 Å². The highest BCUT2D eigenvalue weighted by atomic mass is 32.2. The van der Waals surface area contributed by atoms with E-state index in [1.807, 2.05) is 6.92 Å². The Hall–Kier alpha value is -0.260. The second-order valence-electron chi connectivity index (χ2n) is 2.74. The maximum atomic E-state index is 10.7. The van der Waals surface area contributed by atoms with Gasteiger partial charge < -0.3 is 14.9 Å². The summed E-state index contributed by atoms with van der Waals surface area (Å²) in [6.07, 6.45) is 0.609. The average molecular weight is 208 g/mol. The minimum atomic E-state index is -0.864. The molecule has 0 aromatic rings. The fraction of sp³-hybridized carbons (Fsp3) is 0.875. The molecule has 13 heavy (non-hydrogen) atoms. The molecule has 2 atom stereocenters. The van der Waals surface area contributed by atoms with E-state index in [4.69, 9.17) is 14.9 Å². The molecule has 0 amide bonds. The maximum Gasteiger partial charge on any atom is 0.319 e. The first-order chi connectivity index (χ1) is 6.11. The standard InChI is InChI=1S/C8H16O4S/c1-6(3-4-9)13-7(5-12-2)8(10)11/h6-7,9H,3-5H2,1-2H3,(H,10,11). The molecule has 0 heterocycles. The fourth-order valence-corrected chi connectivity index (χ4v) is 1.98. The molecule has 2 unspecified atom stereocenters. The SMILES string of the molecule is COCC(SC(C)CCO)C(=O)O. The number of carbonyl (C=O) groups is 1. The highest BCUT2D eigenvalue weighted by molar-refractivity contribution is 8.01. The molecule has 78 valence electrons. The van der Waals surface area contributed by atoms with E-state index in [0.717, 1.165) is 0 Å². The molecule has 0 aromatic carbocycles. The number of hydrogen-bond donors (Lipinski definition) is 2. The van der Waals surface area contributed by atoms with Crippen LogP contribution in [0.2, 0.25) is 0 Å². The van der Waals surface area contributed by atoms with Crippen LogP contribution >= 0.6 is 11.8 Å².